The second-order valence-corrected chi connectivity index (χ2v) is 20.9. The lowest BCUT2D eigenvalue weighted by Crippen LogP contribution is -2.63. The van der Waals surface area contributed by atoms with Crippen molar-refractivity contribution in [2.75, 3.05) is 5.75 Å². The van der Waals surface area contributed by atoms with Gasteiger partial charge < -0.3 is 25.0 Å². The number of hydrogen-bond donors (Lipinski definition) is 4. The van der Waals surface area contributed by atoms with Crippen molar-refractivity contribution >= 4 is 27.4 Å². The topological polar surface area (TPSA) is 116 Å². The summed E-state index contributed by atoms with van der Waals surface area (Å²) in [6, 6.07) is 10.8. The van der Waals surface area contributed by atoms with E-state index in [0.29, 0.717) is 12.8 Å². The van der Waals surface area contributed by atoms with E-state index < -0.39 is 34.7 Å². The maximum absolute atomic E-state index is 14.2. The van der Waals surface area contributed by atoms with E-state index in [1.54, 1.807) is 6.08 Å². The largest absolute Gasteiger partial charge is 0.393 e. The molecule has 3 saturated carbocycles. The Morgan fingerprint density at radius 2 is 1.73 bits per heavy atom. The smallest absolute Gasteiger partial charge is 0.159 e. The first-order chi connectivity index (χ1) is 24.6. The molecule has 1 aromatic carbocycles. The van der Waals surface area contributed by atoms with Crippen LogP contribution >= 0.6 is 21.6 Å². The number of benzene rings is 1. The number of carbonyl (C=O) groups is 1. The zero-order valence-electron chi connectivity index (χ0n) is 31.7. The third-order valence-electron chi connectivity index (χ3n) is 15.1. The summed E-state index contributed by atoms with van der Waals surface area (Å²) in [5, 5.41) is 47.7. The van der Waals surface area contributed by atoms with E-state index in [2.05, 4.69) is 75.0 Å². The maximum atomic E-state index is 14.2. The average Bonchev–Trinajstić information content (AvgIpc) is 3.72. The number of nitrogens with zero attached hydrogens (tertiary/aromatic N) is 2. The van der Waals surface area contributed by atoms with Crippen molar-refractivity contribution in [1.29, 1.82) is 0 Å². The Kier molecular flexibility index (Phi) is 10.6. The lowest BCUT2D eigenvalue weighted by Gasteiger charge is -2.61. The summed E-state index contributed by atoms with van der Waals surface area (Å²) in [5.74, 6) is 0.170. The molecular formula is C43H60N2O5S2. The van der Waals surface area contributed by atoms with Gasteiger partial charge in [0.1, 0.15) is 0 Å². The molecule has 7 rings (SSSR count). The first-order valence-corrected chi connectivity index (χ1v) is 22.0. The van der Waals surface area contributed by atoms with Crippen LogP contribution in [0.3, 0.4) is 0 Å². The van der Waals surface area contributed by atoms with Crippen molar-refractivity contribution in [3.05, 3.63) is 78.4 Å². The lowest BCUT2D eigenvalue weighted by molar-refractivity contribution is -0.159. The van der Waals surface area contributed by atoms with Gasteiger partial charge in [0.2, 0.25) is 0 Å². The van der Waals surface area contributed by atoms with Gasteiger partial charge in [-0.25, -0.2) is 4.98 Å². The van der Waals surface area contributed by atoms with Gasteiger partial charge in [-0.2, -0.15) is 0 Å². The Morgan fingerprint density at radius 3 is 2.44 bits per heavy atom. The van der Waals surface area contributed by atoms with Gasteiger partial charge >= 0.3 is 0 Å². The molecule has 2 heterocycles. The Morgan fingerprint density at radius 1 is 0.981 bits per heavy atom. The van der Waals surface area contributed by atoms with E-state index >= 15 is 0 Å². The average molecular weight is 749 g/mol. The molecule has 9 heteroatoms. The molecule has 5 aliphatic rings. The van der Waals surface area contributed by atoms with E-state index in [-0.39, 0.29) is 58.5 Å². The normalized spacial score (nSPS) is 43.8. The molecule has 284 valence electrons. The van der Waals surface area contributed by atoms with Gasteiger partial charge in [0.05, 0.1) is 30.2 Å². The Labute approximate surface area is 318 Å². The molecule has 4 N–H and O–H groups in total. The molecule has 1 aliphatic heterocycles. The number of aromatic nitrogens is 2. The van der Waals surface area contributed by atoms with Crippen LogP contribution in [0.2, 0.25) is 0 Å². The molecule has 0 unspecified atom stereocenters. The van der Waals surface area contributed by atoms with Crippen LogP contribution < -0.4 is 0 Å². The summed E-state index contributed by atoms with van der Waals surface area (Å²) in [6.07, 6.45) is 11.2. The number of rotatable bonds is 4. The van der Waals surface area contributed by atoms with Crippen molar-refractivity contribution in [2.45, 2.75) is 128 Å². The molecular weight excluding hydrogens is 689 g/mol. The number of aliphatic hydroxyl groups is 4. The SMILES string of the molecule is C=C1C[C@@H](O)[C@@H](C)[C@H]2C[C@H]([C@H](CCc3ccccc3)SSC[C@H](n3ccnc3)CC1(C)C)[C@@]1(O)C3=CC(=O)[C@@H]4C[C@@H](O)[C@@H](O)C[C@]4(C)[C@H]3CC[C@]21C. The Balaban J connectivity index is 1.33. The molecule has 4 aliphatic carbocycles. The molecule has 13 atom stereocenters. The van der Waals surface area contributed by atoms with Crippen LogP contribution in [0.4, 0.5) is 0 Å². The number of carbonyl (C=O) groups excluding carboxylic acids is 1. The fraction of sp³-hybridized carbons (Fsp3) is 0.674. The molecule has 0 amide bonds. The molecule has 4 fully saturated rings. The minimum Gasteiger partial charge on any atom is -0.393 e. The maximum Gasteiger partial charge on any atom is 0.159 e. The second-order valence-electron chi connectivity index (χ2n) is 18.3. The number of aryl methyl sites for hydroxylation is 1. The van der Waals surface area contributed by atoms with Crippen molar-refractivity contribution in [1.82, 2.24) is 9.55 Å². The molecule has 52 heavy (non-hydrogen) atoms. The van der Waals surface area contributed by atoms with Crippen LogP contribution in [0, 0.1) is 45.8 Å². The number of allylic oxidation sites excluding steroid dienone is 1. The Bertz CT molecular complexity index is 1650. The number of fused-ring (bicyclic) bond motifs is 9. The van der Waals surface area contributed by atoms with Crippen LogP contribution in [-0.2, 0) is 11.2 Å². The van der Waals surface area contributed by atoms with Crippen LogP contribution in [0.25, 0.3) is 0 Å². The molecule has 0 spiro atoms. The highest BCUT2D eigenvalue weighted by Gasteiger charge is 2.71. The predicted molar refractivity (Wildman–Crippen MR) is 211 cm³/mol. The van der Waals surface area contributed by atoms with Crippen LogP contribution in [0.15, 0.2) is 72.9 Å². The van der Waals surface area contributed by atoms with Gasteiger partial charge in [-0.15, -0.1) is 0 Å². The summed E-state index contributed by atoms with van der Waals surface area (Å²) < 4.78 is 2.21. The van der Waals surface area contributed by atoms with E-state index in [9.17, 15) is 25.2 Å². The van der Waals surface area contributed by atoms with Gasteiger partial charge in [0.25, 0.3) is 0 Å². The molecule has 1 aromatic heterocycles. The molecule has 2 aromatic rings. The highest BCUT2D eigenvalue weighted by atomic mass is 33.1. The number of aliphatic hydroxyl groups excluding tert-OH is 3. The summed E-state index contributed by atoms with van der Waals surface area (Å²) in [4.78, 5) is 18.6. The third-order valence-corrected chi connectivity index (χ3v) is 18.1. The van der Waals surface area contributed by atoms with Crippen molar-refractivity contribution in [3.63, 3.8) is 0 Å². The lowest BCUT2D eigenvalue weighted by atomic mass is 9.45. The zero-order chi connectivity index (χ0) is 37.2. The van der Waals surface area contributed by atoms with Crippen molar-refractivity contribution in [3.8, 4) is 0 Å². The zero-order valence-corrected chi connectivity index (χ0v) is 33.3. The first kappa shape index (κ1) is 38.4. The van der Waals surface area contributed by atoms with Gasteiger partial charge in [0, 0.05) is 46.7 Å². The number of ketones is 1. The molecule has 0 radical (unpaired) electrons. The standard InChI is InChI=1S/C43H60N2O5S2/c1-26-18-35(46)27(2)31-19-34(43(50)32-20-36(47)33-21-37(48)38(49)23-41(33,5)30(32)14-15-42(31,43)6)39(13-12-28-10-8-7-9-11-28)52-51-24-29(22-40(26,3)4)45-17-16-44-25-45/h7-11,16-17,20,25,27,29-31,33-35,37-39,46,48-50H,1,12-15,18-19,21-24H2,2-6H3/t27-,29+,30-,31+,33-,34+,35+,37+,38-,39-,41+,42+,43-/m0/s1. The summed E-state index contributed by atoms with van der Waals surface area (Å²) in [7, 11) is 3.78. The predicted octanol–water partition coefficient (Wildman–Crippen LogP) is 7.61. The molecule has 7 nitrogen and oxygen atoms in total. The van der Waals surface area contributed by atoms with Crippen molar-refractivity contribution in [2.24, 2.45) is 45.8 Å². The highest BCUT2D eigenvalue weighted by molar-refractivity contribution is 8.76. The Hall–Kier alpha value is -1.88. The minimum absolute atomic E-state index is 0.0249. The quantitative estimate of drug-likeness (QED) is 0.187. The summed E-state index contributed by atoms with van der Waals surface area (Å²) in [5.41, 5.74) is 0.573. The highest BCUT2D eigenvalue weighted by Crippen LogP contribution is 2.71. The van der Waals surface area contributed by atoms with E-state index in [4.69, 9.17) is 0 Å². The van der Waals surface area contributed by atoms with Gasteiger partial charge in [-0.1, -0.05) is 98.7 Å². The molecule has 2 bridgehead atoms. The van der Waals surface area contributed by atoms with E-state index in [0.717, 1.165) is 55.4 Å². The minimum atomic E-state index is -1.27. The van der Waals surface area contributed by atoms with Crippen LogP contribution in [0.1, 0.15) is 97.6 Å². The summed E-state index contributed by atoms with van der Waals surface area (Å²) in [6.45, 7) is 15.6. The van der Waals surface area contributed by atoms with Gasteiger partial charge in [-0.3, -0.25) is 4.79 Å². The van der Waals surface area contributed by atoms with Gasteiger partial charge in [-0.05, 0) is 104 Å². The first-order valence-electron chi connectivity index (χ1n) is 19.6. The van der Waals surface area contributed by atoms with E-state index in [1.807, 2.05) is 46.4 Å². The fourth-order valence-corrected chi connectivity index (χ4v) is 15.0. The van der Waals surface area contributed by atoms with Crippen LogP contribution in [-0.4, -0.2) is 70.7 Å². The summed E-state index contributed by atoms with van der Waals surface area (Å²) >= 11 is 0. The third kappa shape index (κ3) is 6.41. The second kappa shape index (κ2) is 14.3. The van der Waals surface area contributed by atoms with E-state index in [1.165, 1.54) is 5.56 Å². The van der Waals surface area contributed by atoms with Crippen LogP contribution in [0.5, 0.6) is 0 Å². The monoisotopic (exact) mass is 748 g/mol. The fourth-order valence-electron chi connectivity index (χ4n) is 11.7. The van der Waals surface area contributed by atoms with Gasteiger partial charge in [0.15, 0.2) is 5.78 Å². The number of hydrogen-bond acceptors (Lipinski definition) is 8. The van der Waals surface area contributed by atoms with Crippen molar-refractivity contribution < 1.29 is 25.2 Å². The number of imidazole rings is 1. The molecule has 1 saturated heterocycles.